The van der Waals surface area contributed by atoms with E-state index in [1.54, 1.807) is 4.52 Å². The Kier molecular flexibility index (Phi) is 3.29. The lowest BCUT2D eigenvalue weighted by Crippen LogP contribution is -2.37. The van der Waals surface area contributed by atoms with Gasteiger partial charge in [0.1, 0.15) is 5.56 Å². The Morgan fingerprint density at radius 1 is 1.56 bits per heavy atom. The first-order chi connectivity index (χ1) is 8.52. The molecule has 6 heteroatoms. The Morgan fingerprint density at radius 2 is 2.28 bits per heavy atom. The van der Waals surface area contributed by atoms with Crippen LogP contribution in [0.15, 0.2) is 12.3 Å². The molecule has 0 saturated heterocycles. The number of carbonyl (C=O) groups excluding carboxylic acids is 1. The number of rotatable bonds is 3. The number of nitrogens with two attached hydrogens (primary N) is 1. The zero-order chi connectivity index (χ0) is 13.3. The highest BCUT2D eigenvalue weighted by Crippen LogP contribution is 2.11. The quantitative estimate of drug-likeness (QED) is 0.823. The fraction of sp³-hybridized carbons (Fsp3) is 0.417. The predicted octanol–water partition coefficient (Wildman–Crippen LogP) is 0.423. The van der Waals surface area contributed by atoms with Crippen molar-refractivity contribution in [1.29, 1.82) is 0 Å². The molecule has 96 valence electrons. The second-order valence-corrected chi connectivity index (χ2v) is 4.44. The highest BCUT2D eigenvalue weighted by molar-refractivity contribution is 5.99. The Morgan fingerprint density at radius 3 is 2.94 bits per heavy atom. The van der Waals surface area contributed by atoms with Gasteiger partial charge in [-0.05, 0) is 26.8 Å². The van der Waals surface area contributed by atoms with Crippen LogP contribution in [-0.4, -0.2) is 33.1 Å². The summed E-state index contributed by atoms with van der Waals surface area (Å²) in [5.41, 5.74) is 8.35. The molecule has 3 N–H and O–H groups in total. The van der Waals surface area contributed by atoms with Crippen LogP contribution in [0, 0.1) is 13.8 Å². The first-order valence-electron chi connectivity index (χ1n) is 5.86. The van der Waals surface area contributed by atoms with E-state index in [4.69, 9.17) is 5.73 Å². The van der Waals surface area contributed by atoms with Gasteiger partial charge >= 0.3 is 0 Å². The number of aromatic nitrogens is 3. The molecular formula is C12H17N5O. The molecule has 1 amide bonds. The van der Waals surface area contributed by atoms with Gasteiger partial charge in [0.25, 0.3) is 5.91 Å². The summed E-state index contributed by atoms with van der Waals surface area (Å²) >= 11 is 0. The third-order valence-electron chi connectivity index (χ3n) is 2.75. The molecule has 0 radical (unpaired) electrons. The zero-order valence-corrected chi connectivity index (χ0v) is 10.8. The molecular weight excluding hydrogens is 230 g/mol. The summed E-state index contributed by atoms with van der Waals surface area (Å²) in [7, 11) is 0. The predicted molar refractivity (Wildman–Crippen MR) is 68.4 cm³/mol. The van der Waals surface area contributed by atoms with Gasteiger partial charge in [-0.1, -0.05) is 0 Å². The fourth-order valence-corrected chi connectivity index (χ4v) is 1.79. The maximum absolute atomic E-state index is 12.1. The Hall–Kier alpha value is -1.95. The van der Waals surface area contributed by atoms with E-state index in [0.717, 1.165) is 11.4 Å². The van der Waals surface area contributed by atoms with Gasteiger partial charge in [-0.2, -0.15) is 5.10 Å². The summed E-state index contributed by atoms with van der Waals surface area (Å²) in [5, 5.41) is 6.98. The standard InChI is InChI=1S/C12H17N5O/c1-7-4-9(3)17-11(15-7)10(6-14-17)12(18)16-8(2)5-13/h4,6,8H,5,13H2,1-3H3,(H,16,18). The van der Waals surface area contributed by atoms with Gasteiger partial charge in [0.2, 0.25) is 0 Å². The third kappa shape index (κ3) is 2.19. The van der Waals surface area contributed by atoms with Gasteiger partial charge in [0.05, 0.1) is 6.20 Å². The number of nitrogens with one attached hydrogen (secondary N) is 1. The normalized spacial score (nSPS) is 12.7. The van der Waals surface area contributed by atoms with Crippen molar-refractivity contribution in [1.82, 2.24) is 19.9 Å². The Bertz CT molecular complexity index is 589. The van der Waals surface area contributed by atoms with Gasteiger partial charge in [0, 0.05) is 24.0 Å². The third-order valence-corrected chi connectivity index (χ3v) is 2.75. The van der Waals surface area contributed by atoms with E-state index in [9.17, 15) is 4.79 Å². The minimum absolute atomic E-state index is 0.0710. The number of carbonyl (C=O) groups is 1. The molecule has 0 fully saturated rings. The number of fused-ring (bicyclic) bond motifs is 1. The van der Waals surface area contributed by atoms with Crippen LogP contribution in [0.3, 0.4) is 0 Å². The maximum Gasteiger partial charge on any atom is 0.257 e. The van der Waals surface area contributed by atoms with E-state index >= 15 is 0 Å². The van der Waals surface area contributed by atoms with Crippen LogP contribution in [0.5, 0.6) is 0 Å². The van der Waals surface area contributed by atoms with E-state index < -0.39 is 0 Å². The average Bonchev–Trinajstić information content (AvgIpc) is 2.72. The molecule has 0 bridgehead atoms. The lowest BCUT2D eigenvalue weighted by Gasteiger charge is -2.10. The van der Waals surface area contributed by atoms with Crippen LogP contribution in [0.1, 0.15) is 28.7 Å². The molecule has 2 rings (SSSR count). The van der Waals surface area contributed by atoms with Crippen molar-refractivity contribution in [2.24, 2.45) is 5.73 Å². The summed E-state index contributed by atoms with van der Waals surface area (Å²) in [6.07, 6.45) is 1.54. The second kappa shape index (κ2) is 4.73. The molecule has 0 aliphatic carbocycles. The number of aryl methyl sites for hydroxylation is 2. The topological polar surface area (TPSA) is 85.3 Å². The number of hydrogen-bond acceptors (Lipinski definition) is 4. The van der Waals surface area contributed by atoms with Crippen LogP contribution in [0.4, 0.5) is 0 Å². The smallest absolute Gasteiger partial charge is 0.257 e. The van der Waals surface area contributed by atoms with Crippen LogP contribution in [-0.2, 0) is 0 Å². The molecule has 6 nitrogen and oxygen atoms in total. The lowest BCUT2D eigenvalue weighted by molar-refractivity contribution is 0.0942. The molecule has 0 spiro atoms. The first kappa shape index (κ1) is 12.5. The van der Waals surface area contributed by atoms with E-state index in [1.807, 2.05) is 26.8 Å². The molecule has 2 heterocycles. The second-order valence-electron chi connectivity index (χ2n) is 4.44. The van der Waals surface area contributed by atoms with Crippen molar-refractivity contribution in [3.63, 3.8) is 0 Å². The SMILES string of the molecule is Cc1cc(C)n2ncc(C(=O)NC(C)CN)c2n1. The van der Waals surface area contributed by atoms with Crippen molar-refractivity contribution >= 4 is 11.6 Å². The van der Waals surface area contributed by atoms with E-state index in [0.29, 0.717) is 17.8 Å². The van der Waals surface area contributed by atoms with Crippen molar-refractivity contribution in [2.45, 2.75) is 26.8 Å². The Labute approximate surface area is 105 Å². The molecule has 2 aromatic rings. The van der Waals surface area contributed by atoms with Crippen LogP contribution >= 0.6 is 0 Å². The van der Waals surface area contributed by atoms with E-state index in [-0.39, 0.29) is 11.9 Å². The van der Waals surface area contributed by atoms with Gasteiger partial charge in [0.15, 0.2) is 5.65 Å². The minimum atomic E-state index is -0.194. The number of nitrogens with zero attached hydrogens (tertiary/aromatic N) is 3. The van der Waals surface area contributed by atoms with E-state index in [2.05, 4.69) is 15.4 Å². The summed E-state index contributed by atoms with van der Waals surface area (Å²) < 4.78 is 1.66. The first-order valence-corrected chi connectivity index (χ1v) is 5.86. The zero-order valence-electron chi connectivity index (χ0n) is 10.8. The molecule has 0 saturated carbocycles. The van der Waals surface area contributed by atoms with Gasteiger partial charge in [-0.3, -0.25) is 4.79 Å². The van der Waals surface area contributed by atoms with Crippen molar-refractivity contribution in [2.75, 3.05) is 6.54 Å². The molecule has 1 atom stereocenters. The van der Waals surface area contributed by atoms with Crippen LogP contribution in [0.25, 0.3) is 5.65 Å². The van der Waals surface area contributed by atoms with Crippen LogP contribution in [0.2, 0.25) is 0 Å². The summed E-state index contributed by atoms with van der Waals surface area (Å²) in [6.45, 7) is 6.08. The van der Waals surface area contributed by atoms with E-state index in [1.165, 1.54) is 6.20 Å². The maximum atomic E-state index is 12.1. The number of amides is 1. The van der Waals surface area contributed by atoms with Crippen LogP contribution < -0.4 is 11.1 Å². The fourth-order valence-electron chi connectivity index (χ4n) is 1.79. The molecule has 0 aromatic carbocycles. The highest BCUT2D eigenvalue weighted by Gasteiger charge is 2.16. The average molecular weight is 247 g/mol. The van der Waals surface area contributed by atoms with Gasteiger partial charge < -0.3 is 11.1 Å². The van der Waals surface area contributed by atoms with Crippen molar-refractivity contribution in [3.05, 3.63) is 29.2 Å². The molecule has 0 aliphatic rings. The van der Waals surface area contributed by atoms with Crippen molar-refractivity contribution < 1.29 is 4.79 Å². The largest absolute Gasteiger partial charge is 0.348 e. The molecule has 1 unspecified atom stereocenters. The molecule has 2 aromatic heterocycles. The van der Waals surface area contributed by atoms with Gasteiger partial charge in [-0.15, -0.1) is 0 Å². The molecule has 18 heavy (non-hydrogen) atoms. The molecule has 0 aliphatic heterocycles. The van der Waals surface area contributed by atoms with Crippen molar-refractivity contribution in [3.8, 4) is 0 Å². The monoisotopic (exact) mass is 247 g/mol. The summed E-state index contributed by atoms with van der Waals surface area (Å²) in [4.78, 5) is 16.4. The minimum Gasteiger partial charge on any atom is -0.348 e. The lowest BCUT2D eigenvalue weighted by atomic mass is 10.2. The summed E-state index contributed by atoms with van der Waals surface area (Å²) in [6, 6.07) is 1.85. The number of hydrogen-bond donors (Lipinski definition) is 2. The van der Waals surface area contributed by atoms with Gasteiger partial charge in [-0.25, -0.2) is 9.50 Å². The highest BCUT2D eigenvalue weighted by atomic mass is 16.1. The Balaban J connectivity index is 2.43. The summed E-state index contributed by atoms with van der Waals surface area (Å²) in [5.74, 6) is -0.194.